The number of nitrogens with zero attached hydrogens (tertiary/aromatic N) is 1. The lowest BCUT2D eigenvalue weighted by atomic mass is 9.84. The van der Waals surface area contributed by atoms with Gasteiger partial charge in [-0.15, -0.1) is 0 Å². The molecule has 3 rings (SSSR count). The van der Waals surface area contributed by atoms with Crippen LogP contribution in [0.3, 0.4) is 0 Å². The van der Waals surface area contributed by atoms with Crippen molar-refractivity contribution >= 4 is 16.8 Å². The van der Waals surface area contributed by atoms with Crippen molar-refractivity contribution in [1.29, 1.82) is 0 Å². The molecule has 1 fully saturated rings. The average Bonchev–Trinajstić information content (AvgIpc) is 2.75. The minimum Gasteiger partial charge on any atom is -0.293 e. The van der Waals surface area contributed by atoms with Crippen LogP contribution in [0.5, 0.6) is 0 Å². The normalized spacial score (nSPS) is 31.3. The topological polar surface area (TPSA) is 41.5 Å². The van der Waals surface area contributed by atoms with Gasteiger partial charge in [0.05, 0.1) is 11.8 Å². The molecular weight excluding hydrogens is 268 g/mol. The third-order valence-electron chi connectivity index (χ3n) is 4.32. The van der Waals surface area contributed by atoms with Gasteiger partial charge in [0.25, 0.3) is 0 Å². The van der Waals surface area contributed by atoms with E-state index in [1.807, 2.05) is 18.2 Å². The number of hydrogen-bond acceptors (Lipinski definition) is 2. The van der Waals surface area contributed by atoms with Gasteiger partial charge in [-0.25, -0.2) is 4.21 Å². The fourth-order valence-electron chi connectivity index (χ4n) is 2.92. The molecule has 1 aromatic carbocycles. The van der Waals surface area contributed by atoms with Crippen LogP contribution in [0, 0.1) is 5.92 Å². The molecule has 1 unspecified atom stereocenters. The van der Waals surface area contributed by atoms with Crippen LogP contribution in [-0.4, -0.2) is 15.3 Å². The molecule has 3 nitrogen and oxygen atoms in total. The van der Waals surface area contributed by atoms with E-state index >= 15 is 0 Å². The van der Waals surface area contributed by atoms with Gasteiger partial charge in [-0.1, -0.05) is 41.5 Å². The number of allylic oxidation sites excluding steroid dienone is 2. The predicted molar refractivity (Wildman–Crippen MR) is 83.7 cm³/mol. The first-order valence-electron chi connectivity index (χ1n) is 7.06. The molecule has 4 heteroatoms. The standard InChI is InChI=1S/C16H20N2OS/c1-11-8-14-15(9-12(11)2)20(19)18-16(14)17-10-13-6-4-3-5-7-13/h3-7,14-15H,8-10H2,1-2H3,(H,17,18)/t14-,15+,20?/m1/s1. The summed E-state index contributed by atoms with van der Waals surface area (Å²) < 4.78 is 15.3. The van der Waals surface area contributed by atoms with Crippen LogP contribution < -0.4 is 4.72 Å². The number of benzene rings is 1. The highest BCUT2D eigenvalue weighted by Crippen LogP contribution is 2.36. The summed E-state index contributed by atoms with van der Waals surface area (Å²) in [6, 6.07) is 10.2. The second-order valence-electron chi connectivity index (χ2n) is 5.70. The summed E-state index contributed by atoms with van der Waals surface area (Å²) >= 11 is 0. The van der Waals surface area contributed by atoms with E-state index in [-0.39, 0.29) is 5.25 Å². The molecule has 0 amide bonds. The Bertz CT molecular complexity index is 592. The summed E-state index contributed by atoms with van der Waals surface area (Å²) in [5, 5.41) is 0.202. The quantitative estimate of drug-likeness (QED) is 0.835. The second kappa shape index (κ2) is 5.52. The van der Waals surface area contributed by atoms with Crippen molar-refractivity contribution in [2.24, 2.45) is 10.9 Å². The first-order valence-corrected chi connectivity index (χ1v) is 8.27. The molecular formula is C16H20N2OS. The monoisotopic (exact) mass is 288 g/mol. The van der Waals surface area contributed by atoms with Crippen LogP contribution in [0.25, 0.3) is 0 Å². The number of rotatable bonds is 2. The van der Waals surface area contributed by atoms with Gasteiger partial charge >= 0.3 is 0 Å². The van der Waals surface area contributed by atoms with Crippen molar-refractivity contribution in [3.8, 4) is 0 Å². The predicted octanol–water partition coefficient (Wildman–Crippen LogP) is 2.97. The maximum Gasteiger partial charge on any atom is 0.122 e. The van der Waals surface area contributed by atoms with Crippen LogP contribution in [0.4, 0.5) is 0 Å². The van der Waals surface area contributed by atoms with Gasteiger partial charge in [-0.2, -0.15) is 0 Å². The molecule has 20 heavy (non-hydrogen) atoms. The zero-order valence-electron chi connectivity index (χ0n) is 11.9. The highest BCUT2D eigenvalue weighted by molar-refractivity contribution is 7.84. The molecule has 0 aromatic heterocycles. The van der Waals surface area contributed by atoms with Crippen molar-refractivity contribution in [3.05, 3.63) is 47.0 Å². The van der Waals surface area contributed by atoms with Crippen LogP contribution in [-0.2, 0) is 17.5 Å². The first-order chi connectivity index (χ1) is 9.65. The SMILES string of the molecule is CC1=C(C)C[C@H]2[C@@H](C1)C(=NCc1ccccc1)NS2=O. The van der Waals surface area contributed by atoms with Gasteiger partial charge < -0.3 is 0 Å². The highest BCUT2D eigenvalue weighted by Gasteiger charge is 2.41. The molecule has 1 aromatic rings. The van der Waals surface area contributed by atoms with Gasteiger partial charge in [-0.3, -0.25) is 9.71 Å². The first kappa shape index (κ1) is 13.6. The lowest BCUT2D eigenvalue weighted by Gasteiger charge is -2.24. The van der Waals surface area contributed by atoms with E-state index in [0.717, 1.165) is 18.7 Å². The zero-order chi connectivity index (χ0) is 14.1. The fraction of sp³-hybridized carbons (Fsp3) is 0.438. The smallest absolute Gasteiger partial charge is 0.122 e. The van der Waals surface area contributed by atoms with Crippen molar-refractivity contribution in [1.82, 2.24) is 4.72 Å². The van der Waals surface area contributed by atoms with Gasteiger partial charge in [0.1, 0.15) is 16.8 Å². The van der Waals surface area contributed by atoms with E-state index < -0.39 is 11.0 Å². The minimum atomic E-state index is -0.978. The Morgan fingerprint density at radius 2 is 1.90 bits per heavy atom. The molecule has 0 spiro atoms. The van der Waals surface area contributed by atoms with Crippen molar-refractivity contribution in [2.45, 2.75) is 38.5 Å². The molecule has 1 saturated heterocycles. The van der Waals surface area contributed by atoms with Gasteiger partial charge in [0.15, 0.2) is 0 Å². The van der Waals surface area contributed by atoms with Gasteiger partial charge in [-0.05, 0) is 32.3 Å². The Kier molecular flexibility index (Phi) is 3.74. The lowest BCUT2D eigenvalue weighted by Crippen LogP contribution is -2.26. The fourth-order valence-corrected chi connectivity index (χ4v) is 4.41. The van der Waals surface area contributed by atoms with Crippen LogP contribution in [0.15, 0.2) is 46.5 Å². The Hall–Kier alpha value is -1.42. The van der Waals surface area contributed by atoms with Crippen LogP contribution in [0.2, 0.25) is 0 Å². The number of aliphatic imine (C=N–C) groups is 1. The molecule has 1 aliphatic carbocycles. The van der Waals surface area contributed by atoms with Crippen molar-refractivity contribution in [3.63, 3.8) is 0 Å². The maximum absolute atomic E-state index is 12.2. The Labute approximate surface area is 122 Å². The summed E-state index contributed by atoms with van der Waals surface area (Å²) in [6.07, 6.45) is 1.92. The summed E-state index contributed by atoms with van der Waals surface area (Å²) in [6.45, 7) is 4.99. The summed E-state index contributed by atoms with van der Waals surface area (Å²) in [4.78, 5) is 4.68. The number of fused-ring (bicyclic) bond motifs is 1. The molecule has 0 saturated carbocycles. The van der Waals surface area contributed by atoms with E-state index in [2.05, 4.69) is 35.7 Å². The average molecular weight is 288 g/mol. The van der Waals surface area contributed by atoms with Gasteiger partial charge in [0.2, 0.25) is 0 Å². The summed E-state index contributed by atoms with van der Waals surface area (Å²) in [7, 11) is -0.978. The summed E-state index contributed by atoms with van der Waals surface area (Å²) in [5.74, 6) is 1.24. The molecule has 106 valence electrons. The second-order valence-corrected chi connectivity index (χ2v) is 7.10. The molecule has 1 N–H and O–H groups in total. The van der Waals surface area contributed by atoms with Gasteiger partial charge in [0, 0.05) is 5.92 Å². The Morgan fingerprint density at radius 1 is 1.20 bits per heavy atom. The van der Waals surface area contributed by atoms with Crippen molar-refractivity contribution < 1.29 is 4.21 Å². The number of hydrogen-bond donors (Lipinski definition) is 1. The molecule has 3 atom stereocenters. The van der Waals surface area contributed by atoms with Crippen molar-refractivity contribution in [2.75, 3.05) is 0 Å². The minimum absolute atomic E-state index is 0.202. The molecule has 0 radical (unpaired) electrons. The van der Waals surface area contributed by atoms with E-state index in [9.17, 15) is 4.21 Å². The largest absolute Gasteiger partial charge is 0.293 e. The maximum atomic E-state index is 12.2. The van der Waals surface area contributed by atoms with E-state index in [4.69, 9.17) is 0 Å². The zero-order valence-corrected chi connectivity index (χ0v) is 12.7. The molecule has 2 aliphatic rings. The third kappa shape index (κ3) is 2.57. The number of nitrogens with one attached hydrogen (secondary N) is 1. The molecule has 1 heterocycles. The highest BCUT2D eigenvalue weighted by atomic mass is 32.2. The molecule has 1 aliphatic heterocycles. The van der Waals surface area contributed by atoms with Crippen LogP contribution in [0.1, 0.15) is 32.3 Å². The van der Waals surface area contributed by atoms with E-state index in [0.29, 0.717) is 12.5 Å². The molecule has 0 bridgehead atoms. The Morgan fingerprint density at radius 3 is 2.65 bits per heavy atom. The third-order valence-corrected chi connectivity index (χ3v) is 5.77. The van der Waals surface area contributed by atoms with Crippen LogP contribution >= 0.6 is 0 Å². The summed E-state index contributed by atoms with van der Waals surface area (Å²) in [5.41, 5.74) is 4.01. The van der Waals surface area contributed by atoms with E-state index in [1.165, 1.54) is 16.7 Å². The Balaban J connectivity index is 1.80. The van der Waals surface area contributed by atoms with E-state index in [1.54, 1.807) is 0 Å². The number of amidine groups is 1. The lowest BCUT2D eigenvalue weighted by molar-refractivity contribution is 0.580.